The molecular formula is C9H14N2O. The van der Waals surface area contributed by atoms with E-state index in [1.54, 1.807) is 0 Å². The molecule has 0 amide bonds. The van der Waals surface area contributed by atoms with Gasteiger partial charge in [-0.3, -0.25) is 0 Å². The van der Waals surface area contributed by atoms with E-state index in [1.165, 1.54) is 0 Å². The van der Waals surface area contributed by atoms with Crippen LogP contribution in [-0.4, -0.2) is 18.4 Å². The second-order valence-corrected chi connectivity index (χ2v) is 3.35. The average molecular weight is 166 g/mol. The Bertz CT molecular complexity index is 235. The van der Waals surface area contributed by atoms with Crippen LogP contribution in [0.4, 0.5) is 0 Å². The predicted octanol–water partition coefficient (Wildman–Crippen LogP) is 0.912. The minimum atomic E-state index is 0.103. The fraction of sp³-hybridized carbons (Fsp3) is 0.667. The van der Waals surface area contributed by atoms with Crippen LogP contribution in [-0.2, 0) is 4.84 Å². The molecule has 3 nitrogen and oxygen atoms in total. The maximum atomic E-state index is 5.94. The quantitative estimate of drug-likeness (QED) is 0.489. The first kappa shape index (κ1) is 7.80. The minimum Gasteiger partial charge on any atom is -0.396 e. The maximum absolute atomic E-state index is 5.94. The third kappa shape index (κ3) is 1.05. The molecule has 66 valence electrons. The van der Waals surface area contributed by atoms with E-state index in [0.29, 0.717) is 18.4 Å². The van der Waals surface area contributed by atoms with E-state index in [1.807, 2.05) is 6.92 Å². The summed E-state index contributed by atoms with van der Waals surface area (Å²) in [4.78, 5) is 5.01. The van der Waals surface area contributed by atoms with E-state index in [2.05, 4.69) is 17.3 Å². The Kier molecular flexibility index (Phi) is 1.89. The van der Waals surface area contributed by atoms with Crippen molar-refractivity contribution in [2.75, 3.05) is 6.61 Å². The van der Waals surface area contributed by atoms with Crippen molar-refractivity contribution >= 4 is 5.71 Å². The van der Waals surface area contributed by atoms with Gasteiger partial charge in [-0.1, -0.05) is 17.3 Å². The van der Waals surface area contributed by atoms with Crippen molar-refractivity contribution in [3.05, 3.63) is 12.2 Å². The lowest BCUT2D eigenvalue weighted by Crippen LogP contribution is -2.34. The van der Waals surface area contributed by atoms with Crippen LogP contribution in [0.3, 0.4) is 0 Å². The normalized spacial score (nSPS) is 41.2. The number of hydrogen-bond donors (Lipinski definition) is 1. The number of nitrogens with two attached hydrogens (primary N) is 1. The number of oxime groups is 1. The second-order valence-electron chi connectivity index (χ2n) is 3.35. The van der Waals surface area contributed by atoms with Crippen LogP contribution >= 0.6 is 0 Å². The summed E-state index contributed by atoms with van der Waals surface area (Å²) >= 11 is 0. The van der Waals surface area contributed by atoms with Gasteiger partial charge >= 0.3 is 0 Å². The van der Waals surface area contributed by atoms with Crippen LogP contribution < -0.4 is 5.73 Å². The van der Waals surface area contributed by atoms with E-state index in [0.717, 1.165) is 12.1 Å². The highest BCUT2D eigenvalue weighted by Crippen LogP contribution is 2.36. The van der Waals surface area contributed by atoms with Crippen LogP contribution in [0.1, 0.15) is 13.3 Å². The second kappa shape index (κ2) is 2.90. The number of nitrogens with zero attached hydrogens (tertiary/aromatic N) is 1. The van der Waals surface area contributed by atoms with Gasteiger partial charge in [-0.15, -0.1) is 0 Å². The monoisotopic (exact) mass is 166 g/mol. The molecule has 3 unspecified atom stereocenters. The zero-order valence-electron chi connectivity index (χ0n) is 7.23. The number of fused-ring (bicyclic) bond motifs is 2. The summed E-state index contributed by atoms with van der Waals surface area (Å²) in [7, 11) is 0. The van der Waals surface area contributed by atoms with Crippen LogP contribution in [0, 0.1) is 11.8 Å². The van der Waals surface area contributed by atoms with Crippen molar-refractivity contribution in [3.8, 4) is 0 Å². The Labute approximate surface area is 72.3 Å². The van der Waals surface area contributed by atoms with Crippen LogP contribution in [0.25, 0.3) is 0 Å². The molecule has 0 saturated heterocycles. The maximum Gasteiger partial charge on any atom is 0.114 e. The molecule has 0 aromatic carbocycles. The highest BCUT2D eigenvalue weighted by atomic mass is 16.6. The Morgan fingerprint density at radius 1 is 1.67 bits per heavy atom. The van der Waals surface area contributed by atoms with Crippen LogP contribution in [0.15, 0.2) is 17.3 Å². The van der Waals surface area contributed by atoms with Crippen LogP contribution in [0.2, 0.25) is 0 Å². The summed E-state index contributed by atoms with van der Waals surface area (Å²) in [6.07, 6.45) is 5.51. The summed E-state index contributed by atoms with van der Waals surface area (Å²) < 4.78 is 0. The molecule has 12 heavy (non-hydrogen) atoms. The van der Waals surface area contributed by atoms with E-state index >= 15 is 0 Å². The van der Waals surface area contributed by atoms with Gasteiger partial charge in [0, 0.05) is 5.92 Å². The average Bonchev–Trinajstić information content (AvgIpc) is 2.62. The molecule has 0 aliphatic heterocycles. The Morgan fingerprint density at radius 3 is 3.08 bits per heavy atom. The topological polar surface area (TPSA) is 47.6 Å². The summed E-state index contributed by atoms with van der Waals surface area (Å²) in [6, 6.07) is 0.103. The van der Waals surface area contributed by atoms with Gasteiger partial charge in [0.05, 0.1) is 11.8 Å². The fourth-order valence-electron chi connectivity index (χ4n) is 1.95. The first-order valence-corrected chi connectivity index (χ1v) is 4.46. The molecule has 0 aromatic heterocycles. The highest BCUT2D eigenvalue weighted by molar-refractivity contribution is 5.96. The molecule has 0 heterocycles. The lowest BCUT2D eigenvalue weighted by atomic mass is 10.0. The van der Waals surface area contributed by atoms with E-state index in [9.17, 15) is 0 Å². The molecule has 2 rings (SSSR count). The minimum absolute atomic E-state index is 0.103. The number of hydrogen-bond acceptors (Lipinski definition) is 3. The molecule has 2 bridgehead atoms. The van der Waals surface area contributed by atoms with Gasteiger partial charge in [0.2, 0.25) is 0 Å². The SMILES string of the molecule is CCO/N=C1\C2C=CC(C2)C1N. The van der Waals surface area contributed by atoms with Crippen molar-refractivity contribution in [2.45, 2.75) is 19.4 Å². The Morgan fingerprint density at radius 2 is 2.50 bits per heavy atom. The molecule has 0 radical (unpaired) electrons. The fourth-order valence-corrected chi connectivity index (χ4v) is 1.95. The zero-order valence-corrected chi connectivity index (χ0v) is 7.23. The molecule has 3 heteroatoms. The van der Waals surface area contributed by atoms with Crippen LogP contribution in [0.5, 0.6) is 0 Å². The van der Waals surface area contributed by atoms with Crippen molar-refractivity contribution in [1.82, 2.24) is 0 Å². The lowest BCUT2D eigenvalue weighted by Gasteiger charge is -2.13. The number of rotatable bonds is 2. The molecule has 0 spiro atoms. The van der Waals surface area contributed by atoms with Gasteiger partial charge in [-0.05, 0) is 19.3 Å². The molecule has 2 aliphatic rings. The Balaban J connectivity index is 2.12. The van der Waals surface area contributed by atoms with E-state index in [4.69, 9.17) is 10.6 Å². The summed E-state index contributed by atoms with van der Waals surface area (Å²) in [5.41, 5.74) is 6.97. The molecule has 2 N–H and O–H groups in total. The van der Waals surface area contributed by atoms with Gasteiger partial charge in [0.25, 0.3) is 0 Å². The number of allylic oxidation sites excluding steroid dienone is 1. The van der Waals surface area contributed by atoms with Crippen molar-refractivity contribution < 1.29 is 4.84 Å². The summed E-state index contributed by atoms with van der Waals surface area (Å²) in [5.74, 6) is 0.964. The standard InChI is InChI=1S/C9H14N2O/c1-2-12-11-9-7-4-3-6(5-7)8(9)10/h3-4,6-8H,2,5,10H2,1H3/b11-9+. The third-order valence-electron chi connectivity index (χ3n) is 2.60. The lowest BCUT2D eigenvalue weighted by molar-refractivity contribution is 0.157. The van der Waals surface area contributed by atoms with Crippen molar-refractivity contribution in [1.29, 1.82) is 0 Å². The first-order valence-electron chi connectivity index (χ1n) is 4.46. The summed E-state index contributed by atoms with van der Waals surface area (Å²) in [5, 5.41) is 4.05. The Hall–Kier alpha value is -0.830. The zero-order chi connectivity index (χ0) is 8.55. The van der Waals surface area contributed by atoms with Gasteiger partial charge in [0.1, 0.15) is 6.61 Å². The van der Waals surface area contributed by atoms with Crippen molar-refractivity contribution in [3.63, 3.8) is 0 Å². The highest BCUT2D eigenvalue weighted by Gasteiger charge is 2.39. The molecule has 2 aliphatic carbocycles. The largest absolute Gasteiger partial charge is 0.396 e. The van der Waals surface area contributed by atoms with Gasteiger partial charge in [0.15, 0.2) is 0 Å². The smallest absolute Gasteiger partial charge is 0.114 e. The molecule has 3 atom stereocenters. The molecule has 0 aromatic rings. The van der Waals surface area contributed by atoms with Gasteiger partial charge in [-0.2, -0.15) is 0 Å². The summed E-state index contributed by atoms with van der Waals surface area (Å²) in [6.45, 7) is 2.55. The molecule has 1 fully saturated rings. The van der Waals surface area contributed by atoms with E-state index in [-0.39, 0.29) is 6.04 Å². The first-order chi connectivity index (χ1) is 5.83. The van der Waals surface area contributed by atoms with E-state index < -0.39 is 0 Å². The molecular weight excluding hydrogens is 152 g/mol. The molecule has 1 saturated carbocycles. The van der Waals surface area contributed by atoms with Crippen molar-refractivity contribution in [2.24, 2.45) is 22.7 Å². The predicted molar refractivity (Wildman–Crippen MR) is 47.8 cm³/mol. The van der Waals surface area contributed by atoms with Gasteiger partial charge in [-0.25, -0.2) is 0 Å². The third-order valence-corrected chi connectivity index (χ3v) is 2.60. The van der Waals surface area contributed by atoms with Gasteiger partial charge < -0.3 is 10.6 Å².